The Morgan fingerprint density at radius 3 is 2.28 bits per heavy atom. The molecule has 4 saturated heterocycles. The summed E-state index contributed by atoms with van der Waals surface area (Å²) in [6.45, 7) is 11.3. The number of anilines is 1. The number of pyridine rings is 1. The molecule has 11 rings (SSSR count). The molecule has 4 aromatic carbocycles. The molecule has 74 heavy (non-hydrogen) atoms. The smallest absolute Gasteiger partial charge is 0.274 e. The standard InChI is InChI=1S/C58H65FN10O5/c1-3-39-9-7-11-42(27-39)44-31-52(62-53(70)34-60-32-41-10-6-8-38(2)26-41)55(61-33-44)58(74)69-36-43-15-16-46(69)30-45(43)35-65-18-20-66(21-19-65)37-54(71)67-22-24-68(25-23-67)57(73)49-28-40(14-17-50(49)59)29-51-47-12-4-5-13-48(47)56(72)64-63-51/h4-14,17,26-28,31,33,43,45-46,60H,3,15-16,18-25,29-30,32,34-37H2,1-2H3,(H,62,70)(H,64,72). The van der Waals surface area contributed by atoms with Gasteiger partial charge in [0.1, 0.15) is 5.82 Å². The van der Waals surface area contributed by atoms with E-state index in [4.69, 9.17) is 4.98 Å². The minimum Gasteiger partial charge on any atom is -0.338 e. The molecule has 5 fully saturated rings. The molecule has 4 aliphatic heterocycles. The van der Waals surface area contributed by atoms with Gasteiger partial charge in [0, 0.05) is 102 Å². The number of nitrogens with one attached hydrogen (secondary N) is 3. The van der Waals surface area contributed by atoms with Crippen LogP contribution in [0.2, 0.25) is 0 Å². The van der Waals surface area contributed by atoms with Gasteiger partial charge in [-0.3, -0.25) is 28.9 Å². The van der Waals surface area contributed by atoms with Crippen LogP contribution in [0.25, 0.3) is 21.9 Å². The highest BCUT2D eigenvalue weighted by Gasteiger charge is 2.44. The van der Waals surface area contributed by atoms with Gasteiger partial charge in [0.05, 0.1) is 35.4 Å². The van der Waals surface area contributed by atoms with E-state index in [1.54, 1.807) is 40.3 Å². The predicted octanol–water partition coefficient (Wildman–Crippen LogP) is 6.16. The summed E-state index contributed by atoms with van der Waals surface area (Å²) < 4.78 is 15.2. The van der Waals surface area contributed by atoms with Crippen molar-refractivity contribution < 1.29 is 23.6 Å². The van der Waals surface area contributed by atoms with Gasteiger partial charge in [0.2, 0.25) is 11.8 Å². The third kappa shape index (κ3) is 11.5. The third-order valence-electron chi connectivity index (χ3n) is 15.6. The van der Waals surface area contributed by atoms with E-state index in [9.17, 15) is 24.0 Å². The van der Waals surface area contributed by atoms with E-state index < -0.39 is 11.7 Å². The number of carbonyl (C=O) groups excluding carboxylic acids is 4. The molecule has 1 aliphatic carbocycles. The minimum atomic E-state index is -0.608. The Kier molecular flexibility index (Phi) is 15.4. The largest absolute Gasteiger partial charge is 0.338 e. The molecule has 6 aromatic rings. The van der Waals surface area contributed by atoms with Gasteiger partial charge in [-0.1, -0.05) is 85.3 Å². The second-order valence-corrected chi connectivity index (χ2v) is 20.5. The molecule has 5 aliphatic rings. The normalized spacial score (nSPS) is 19.2. The van der Waals surface area contributed by atoms with Crippen molar-refractivity contribution in [1.82, 2.24) is 45.0 Å². The molecule has 384 valence electrons. The molecule has 3 atom stereocenters. The quantitative estimate of drug-likeness (QED) is 0.109. The number of piperidine rings is 2. The summed E-state index contributed by atoms with van der Waals surface area (Å²) in [5, 5.41) is 14.3. The summed E-state index contributed by atoms with van der Waals surface area (Å²) in [5.74, 6) is -0.570. The van der Waals surface area contributed by atoms with Crippen LogP contribution in [-0.4, -0.2) is 148 Å². The van der Waals surface area contributed by atoms with E-state index in [0.717, 1.165) is 80.7 Å². The number of aromatic amines is 1. The van der Waals surface area contributed by atoms with Crippen molar-refractivity contribution in [3.8, 4) is 11.1 Å². The van der Waals surface area contributed by atoms with Gasteiger partial charge in [-0.2, -0.15) is 5.10 Å². The zero-order valence-electron chi connectivity index (χ0n) is 42.3. The van der Waals surface area contributed by atoms with E-state index in [2.05, 4.69) is 55.8 Å². The number of carbonyl (C=O) groups is 4. The fourth-order valence-corrected chi connectivity index (χ4v) is 11.5. The van der Waals surface area contributed by atoms with Crippen LogP contribution < -0.4 is 16.2 Å². The Balaban J connectivity index is 0.696. The number of piperazine rings is 2. The first-order valence-corrected chi connectivity index (χ1v) is 26.2. The minimum absolute atomic E-state index is 0.0249. The first kappa shape index (κ1) is 50.4. The van der Waals surface area contributed by atoms with Crippen LogP contribution in [0.1, 0.15) is 75.0 Å². The molecule has 15 nitrogen and oxygen atoms in total. The highest BCUT2D eigenvalue weighted by Crippen LogP contribution is 2.41. The Morgan fingerprint density at radius 2 is 1.51 bits per heavy atom. The Morgan fingerprint density at radius 1 is 0.757 bits per heavy atom. The molecular formula is C58H65FN10O5. The summed E-state index contributed by atoms with van der Waals surface area (Å²) in [4.78, 5) is 82.4. The number of aromatic nitrogens is 3. The van der Waals surface area contributed by atoms with Crippen molar-refractivity contribution in [2.24, 2.45) is 11.8 Å². The van der Waals surface area contributed by atoms with Gasteiger partial charge in [-0.25, -0.2) is 14.5 Å². The summed E-state index contributed by atoms with van der Waals surface area (Å²) in [5.41, 5.74) is 6.96. The third-order valence-corrected chi connectivity index (χ3v) is 15.6. The SMILES string of the molecule is CCc1cccc(-c2cnc(C(=O)N3CC4CCC3CC4CN3CCN(CC(=O)N4CCN(C(=O)c5cc(Cc6n[nH]c(=O)c7ccccc67)ccc5F)CC4)CC3)c(NC(=O)CNCc3cccc(C)c3)c2)c1. The lowest BCUT2D eigenvalue weighted by Crippen LogP contribution is -2.58. The average Bonchev–Trinajstić information content (AvgIpc) is 3.42. The van der Waals surface area contributed by atoms with Crippen LogP contribution in [0.3, 0.4) is 0 Å². The fraction of sp³-hybridized carbons (Fsp3) is 0.397. The second kappa shape index (κ2) is 22.5. The van der Waals surface area contributed by atoms with Crippen LogP contribution in [-0.2, 0) is 29.0 Å². The molecule has 6 heterocycles. The molecule has 4 amide bonds. The van der Waals surface area contributed by atoms with Crippen molar-refractivity contribution in [3.05, 3.63) is 159 Å². The van der Waals surface area contributed by atoms with Crippen molar-refractivity contribution >= 4 is 40.1 Å². The second-order valence-electron chi connectivity index (χ2n) is 20.5. The van der Waals surface area contributed by atoms with E-state index >= 15 is 4.39 Å². The lowest BCUT2D eigenvalue weighted by molar-refractivity contribution is -0.134. The summed E-state index contributed by atoms with van der Waals surface area (Å²) in [7, 11) is 0. The maximum absolute atomic E-state index is 15.2. The summed E-state index contributed by atoms with van der Waals surface area (Å²) in [6.07, 6.45) is 5.87. The molecular weight excluding hydrogens is 936 g/mol. The van der Waals surface area contributed by atoms with Gasteiger partial charge < -0.3 is 30.2 Å². The summed E-state index contributed by atoms with van der Waals surface area (Å²) >= 11 is 0. The monoisotopic (exact) mass is 1000 g/mol. The van der Waals surface area contributed by atoms with Crippen LogP contribution in [0.15, 0.2) is 108 Å². The number of aryl methyl sites for hydroxylation is 2. The van der Waals surface area contributed by atoms with Crippen LogP contribution in [0, 0.1) is 24.6 Å². The van der Waals surface area contributed by atoms with E-state index in [0.29, 0.717) is 91.8 Å². The topological polar surface area (TPSA) is 167 Å². The lowest BCUT2D eigenvalue weighted by atomic mass is 9.71. The van der Waals surface area contributed by atoms with Crippen molar-refractivity contribution in [3.63, 3.8) is 0 Å². The predicted molar refractivity (Wildman–Crippen MR) is 283 cm³/mol. The molecule has 0 spiro atoms. The number of H-pyrrole nitrogens is 1. The molecule has 2 bridgehead atoms. The Labute approximate surface area is 431 Å². The van der Waals surface area contributed by atoms with E-state index in [1.807, 2.05) is 60.4 Å². The van der Waals surface area contributed by atoms with Crippen molar-refractivity contribution in [2.75, 3.05) is 83.9 Å². The van der Waals surface area contributed by atoms with Gasteiger partial charge in [0.15, 0.2) is 5.69 Å². The first-order valence-electron chi connectivity index (χ1n) is 26.2. The molecule has 0 radical (unpaired) electrons. The number of fused-ring (bicyclic) bond motifs is 4. The molecule has 2 aromatic heterocycles. The number of hydrogen-bond donors (Lipinski definition) is 3. The number of rotatable bonds is 15. The summed E-state index contributed by atoms with van der Waals surface area (Å²) in [6, 6.07) is 30.1. The molecule has 16 heteroatoms. The van der Waals surface area contributed by atoms with E-state index in [1.165, 1.54) is 11.6 Å². The molecule has 3 unspecified atom stereocenters. The van der Waals surface area contributed by atoms with Gasteiger partial charge in [-0.15, -0.1) is 0 Å². The number of benzene rings is 4. The van der Waals surface area contributed by atoms with Gasteiger partial charge in [0.25, 0.3) is 17.4 Å². The zero-order valence-corrected chi connectivity index (χ0v) is 42.3. The highest BCUT2D eigenvalue weighted by atomic mass is 19.1. The first-order chi connectivity index (χ1) is 36.0. The Bertz CT molecular complexity index is 3110. The number of halogens is 1. The average molecular weight is 1000 g/mol. The van der Waals surface area contributed by atoms with Crippen LogP contribution in [0.5, 0.6) is 0 Å². The molecule has 3 N–H and O–H groups in total. The van der Waals surface area contributed by atoms with Gasteiger partial charge in [-0.05, 0) is 91.0 Å². The number of amides is 4. The maximum Gasteiger partial charge on any atom is 0.274 e. The maximum atomic E-state index is 15.2. The van der Waals surface area contributed by atoms with E-state index in [-0.39, 0.29) is 47.1 Å². The fourth-order valence-electron chi connectivity index (χ4n) is 11.5. The van der Waals surface area contributed by atoms with Crippen molar-refractivity contribution in [1.29, 1.82) is 0 Å². The van der Waals surface area contributed by atoms with Crippen LogP contribution >= 0.6 is 0 Å². The highest BCUT2D eigenvalue weighted by molar-refractivity contribution is 6.03. The number of nitrogens with zero attached hydrogens (tertiary/aromatic N) is 7. The van der Waals surface area contributed by atoms with Gasteiger partial charge >= 0.3 is 0 Å². The zero-order chi connectivity index (χ0) is 51.3. The van der Waals surface area contributed by atoms with Crippen LogP contribution in [0.4, 0.5) is 10.1 Å². The molecule has 1 saturated carbocycles. The Hall–Kier alpha value is -7.14. The number of hydrogen-bond acceptors (Lipinski definition) is 10. The lowest BCUT2D eigenvalue weighted by Gasteiger charge is -2.51. The van der Waals surface area contributed by atoms with Crippen molar-refractivity contribution in [2.45, 2.75) is 58.5 Å².